The number of nitrogens with zero attached hydrogens (tertiary/aromatic N) is 14. The highest BCUT2D eigenvalue weighted by Crippen LogP contribution is 2.45. The van der Waals surface area contributed by atoms with Crippen LogP contribution in [0.3, 0.4) is 0 Å². The maximum absolute atomic E-state index is 13.7. The van der Waals surface area contributed by atoms with Crippen LogP contribution in [0.2, 0.25) is 0 Å². The average Bonchev–Trinajstić information content (AvgIpc) is 1.66. The van der Waals surface area contributed by atoms with Gasteiger partial charge in [0.05, 0.1) is 72.5 Å². The third kappa shape index (κ3) is 19.1. The fourth-order valence-corrected chi connectivity index (χ4v) is 28.3. The van der Waals surface area contributed by atoms with Crippen molar-refractivity contribution in [2.75, 3.05) is 32.4 Å². The van der Waals surface area contributed by atoms with Gasteiger partial charge >= 0.3 is 0 Å². The summed E-state index contributed by atoms with van der Waals surface area (Å²) in [7, 11) is -18.6. The Bertz CT molecular complexity index is 7500. The highest BCUT2D eigenvalue weighted by molar-refractivity contribution is 7.91. The quantitative estimate of drug-likeness (QED) is 0.0519. The van der Waals surface area contributed by atoms with Gasteiger partial charge in [-0.3, -0.25) is 20.4 Å². The number of sulfonamides is 4. The Morgan fingerprint density at radius 1 is 0.331 bits per heavy atom. The Balaban J connectivity index is 0.000000124. The molecule has 4 saturated heterocycles. The van der Waals surface area contributed by atoms with E-state index < -0.39 is 77.9 Å². The Morgan fingerprint density at radius 3 is 0.842 bits per heavy atom. The minimum absolute atomic E-state index is 0.000675. The van der Waals surface area contributed by atoms with Crippen LogP contribution in [-0.2, 0) is 76.1 Å². The van der Waals surface area contributed by atoms with Gasteiger partial charge in [0.2, 0.25) is 40.1 Å². The summed E-state index contributed by atoms with van der Waals surface area (Å²) in [5, 5.41) is 50.3. The van der Waals surface area contributed by atoms with E-state index in [2.05, 4.69) is 175 Å². The summed E-state index contributed by atoms with van der Waals surface area (Å²) in [5.41, 5.74) is 11.5. The van der Waals surface area contributed by atoms with Crippen LogP contribution in [0.1, 0.15) is 92.2 Å². The second kappa shape index (κ2) is 36.0. The number of aromatic amines is 4. The van der Waals surface area contributed by atoms with Crippen molar-refractivity contribution in [2.45, 2.75) is 154 Å². The van der Waals surface area contributed by atoms with Crippen molar-refractivity contribution in [1.29, 1.82) is 10.5 Å². The lowest BCUT2D eigenvalue weighted by Crippen LogP contribution is -2.42. The molecule has 4 atom stereocenters. The molecule has 8 aromatic carbocycles. The molecule has 133 heavy (non-hydrogen) atoms. The van der Waals surface area contributed by atoms with Crippen LogP contribution >= 0.6 is 0 Å². The normalized spacial score (nSPS) is 18.7. The number of halogens is 1. The zero-order valence-electron chi connectivity index (χ0n) is 75.0. The monoisotopic (exact) mass is 1880 g/mol. The van der Waals surface area contributed by atoms with E-state index in [-0.39, 0.29) is 48.1 Å². The van der Waals surface area contributed by atoms with Crippen LogP contribution in [0.4, 0.5) is 4.39 Å². The van der Waals surface area contributed by atoms with Gasteiger partial charge in [-0.2, -0.15) is 48.1 Å². The summed E-state index contributed by atoms with van der Waals surface area (Å²) in [6.07, 6.45) is 27.0. The first kappa shape index (κ1) is 92.1. The number of H-pyrrole nitrogens is 4. The lowest BCUT2D eigenvalue weighted by Gasteiger charge is -2.30. The van der Waals surface area contributed by atoms with Gasteiger partial charge in [-0.05, 0) is 273 Å². The third-order valence-electron chi connectivity index (χ3n) is 26.1. The Labute approximate surface area is 773 Å². The van der Waals surface area contributed by atoms with Crippen molar-refractivity contribution in [2.24, 2.45) is 23.7 Å². The zero-order valence-corrected chi connectivity index (χ0v) is 79.0. The molecule has 4 aliphatic heterocycles. The zero-order chi connectivity index (χ0) is 94.0. The first-order valence-electron chi connectivity index (χ1n) is 43.7. The molecule has 8 aromatic heterocycles. The van der Waals surface area contributed by atoms with Gasteiger partial charge in [0.15, 0.2) is 9.84 Å². The Kier molecular flexibility index (Phi) is 24.9. The summed E-state index contributed by atoms with van der Waals surface area (Å²) in [4.78, 5) is 0.361. The molecule has 12 heterocycles. The molecule has 4 aliphatic rings. The highest BCUT2D eigenvalue weighted by atomic mass is 32.2. The van der Waals surface area contributed by atoms with E-state index >= 15 is 0 Å². The molecular weight excluding hydrogens is 1780 g/mol. The Morgan fingerprint density at radius 2 is 0.586 bits per heavy atom. The van der Waals surface area contributed by atoms with E-state index in [1.165, 1.54) is 63.2 Å². The molecule has 0 saturated carbocycles. The van der Waals surface area contributed by atoms with Crippen LogP contribution in [0.15, 0.2) is 293 Å². The molecule has 16 aromatic rings. The maximum atomic E-state index is 13.7. The maximum Gasteiger partial charge on any atom is 0.243 e. The van der Waals surface area contributed by atoms with Crippen molar-refractivity contribution >= 4 is 93.5 Å². The van der Waals surface area contributed by atoms with E-state index in [4.69, 9.17) is 0 Å². The first-order valence-corrected chi connectivity index (χ1v) is 51.4. The molecule has 0 aliphatic carbocycles. The number of sulfone groups is 1. The molecule has 34 heteroatoms. The third-order valence-corrected chi connectivity index (χ3v) is 35.5. The number of nitrogens with one attached hydrogen (secondary N) is 4. The van der Waals surface area contributed by atoms with E-state index in [0.717, 1.165) is 133 Å². The smallest absolute Gasteiger partial charge is 0.243 e. The van der Waals surface area contributed by atoms with E-state index in [1.807, 2.05) is 98.5 Å². The SMILES string of the molecule is CC1(C)CC(Cn2ccc3cc(-c4cn[nH]c4)ccc32)CN1S(=O)(=O)c1cccc(C#N)c1.CC1(C)CC(Cn2ccc3cc(-c4cn[nH]c4)ccc32)CN1S(=O)(=O)c1cccc(C#N)c1.CC1(C)CC(Cn2ccc3cc(-c4cn[nH]c4)ccc32)CN1S(=O)(=O)c1cccc(F)c1.CC1(C)CC(Cn2ccc3cc(-c4cn[nH]c4)ccc32)CN1S(=O)(=O)c1cccc(S(C)(=O)=O)c1. The van der Waals surface area contributed by atoms with Crippen molar-refractivity contribution < 1.29 is 46.5 Å². The molecule has 0 radical (unpaired) electrons. The molecule has 4 N–H and O–H groups in total. The molecule has 20 rings (SSSR count). The van der Waals surface area contributed by atoms with Gasteiger partial charge < -0.3 is 18.3 Å². The summed E-state index contributed by atoms with van der Waals surface area (Å²) < 4.78 is 160. The van der Waals surface area contributed by atoms with Crippen LogP contribution in [0.5, 0.6) is 0 Å². The molecule has 4 fully saturated rings. The number of rotatable bonds is 21. The predicted octanol–water partition coefficient (Wildman–Crippen LogP) is 17.4. The van der Waals surface area contributed by atoms with Crippen LogP contribution in [-0.4, -0.2) is 173 Å². The molecule has 28 nitrogen and oxygen atoms in total. The lowest BCUT2D eigenvalue weighted by molar-refractivity contribution is 0.291. The van der Waals surface area contributed by atoms with Gasteiger partial charge in [-0.1, -0.05) is 48.5 Å². The van der Waals surface area contributed by atoms with Gasteiger partial charge in [-0.15, -0.1) is 0 Å². The number of hydrogen-bond donors (Lipinski definition) is 4. The van der Waals surface area contributed by atoms with Crippen LogP contribution < -0.4 is 0 Å². The summed E-state index contributed by atoms with van der Waals surface area (Å²) in [6.45, 7) is 20.2. The predicted molar refractivity (Wildman–Crippen MR) is 511 cm³/mol. The van der Waals surface area contributed by atoms with E-state index in [9.17, 15) is 57.0 Å². The Hall–Kier alpha value is -12.7. The van der Waals surface area contributed by atoms with Gasteiger partial charge in [0, 0.05) is 196 Å². The molecule has 0 bridgehead atoms. The van der Waals surface area contributed by atoms with E-state index in [1.54, 1.807) is 69.8 Å². The minimum atomic E-state index is -3.86. The fraction of sp³-hybridized carbons (Fsp3) is 0.293. The van der Waals surface area contributed by atoms with Crippen molar-refractivity contribution in [3.8, 4) is 56.6 Å². The number of hydrogen-bond acceptors (Lipinski definition) is 16. The van der Waals surface area contributed by atoms with E-state index in [0.29, 0.717) is 56.8 Å². The molecular formula is C99H103FN18O10S5. The average molecular weight is 1880 g/mol. The standard InChI is InChI=1S/2C25H25N5O2S.C25H28N4O4S2.C24H25FN4O2S/c2*1-25(2)12-19(17-30(25)33(31,32)23-5-3-4-18(10-23)13-26)16-29-9-8-21-11-20(6-7-24(21)29)22-14-27-28-15-22;1-25(2)13-18(17-29(25)35(32,33)23-6-4-5-22(12-23)34(3,30)31)16-28-10-9-20-11-19(7-8-24(20)28)21-14-26-27-15-21;1-24(2)12-17(16-29(24)32(30,31)22-5-3-4-21(25)11-22)15-28-9-8-19-10-18(6-7-23(19)28)20-13-26-27-14-20/h2*3-11,14-15,19H,12,16-17H2,1-2H3,(H,27,28);4-12,14-15,18H,13,16-17H2,1-3H3,(H,26,27);3-11,13-14,17H,12,15-16H2,1-2H3,(H,26,27). The lowest BCUT2D eigenvalue weighted by atomic mass is 9.97. The van der Waals surface area contributed by atoms with Crippen LogP contribution in [0, 0.1) is 52.2 Å². The number of benzene rings is 8. The molecule has 0 amide bonds. The first-order chi connectivity index (χ1) is 63.2. The van der Waals surface area contributed by atoms with Crippen LogP contribution in [0.25, 0.3) is 88.1 Å². The van der Waals surface area contributed by atoms with Gasteiger partial charge in [0.25, 0.3) is 0 Å². The number of fused-ring (bicyclic) bond motifs is 4. The van der Waals surface area contributed by atoms with Crippen molar-refractivity contribution in [1.82, 2.24) is 76.3 Å². The summed E-state index contributed by atoms with van der Waals surface area (Å²) in [6, 6.07) is 61.0. The largest absolute Gasteiger partial charge is 0.347 e. The minimum Gasteiger partial charge on any atom is -0.347 e. The fourth-order valence-electron chi connectivity index (χ4n) is 20.0. The molecule has 4 unspecified atom stereocenters. The molecule has 0 spiro atoms. The summed E-state index contributed by atoms with van der Waals surface area (Å²) >= 11 is 0. The number of nitriles is 2. The summed E-state index contributed by atoms with van der Waals surface area (Å²) in [5.74, 6) is 0.0730. The van der Waals surface area contributed by atoms with Crippen molar-refractivity contribution in [3.05, 3.63) is 285 Å². The second-order valence-corrected chi connectivity index (χ2v) is 47.0. The van der Waals surface area contributed by atoms with Gasteiger partial charge in [0.1, 0.15) is 5.82 Å². The van der Waals surface area contributed by atoms with Crippen molar-refractivity contribution in [3.63, 3.8) is 0 Å². The second-order valence-electron chi connectivity index (χ2n) is 37.6. The number of aromatic nitrogens is 12. The topological polar surface area (TPSA) is 366 Å². The molecule has 686 valence electrons. The van der Waals surface area contributed by atoms with Gasteiger partial charge in [-0.25, -0.2) is 46.5 Å². The highest BCUT2D eigenvalue weighted by Gasteiger charge is 2.50.